The van der Waals surface area contributed by atoms with E-state index in [1.165, 1.54) is 0 Å². The summed E-state index contributed by atoms with van der Waals surface area (Å²) in [6.45, 7) is 13.2. The van der Waals surface area contributed by atoms with Crippen molar-refractivity contribution in [2.24, 2.45) is 11.3 Å². The van der Waals surface area contributed by atoms with E-state index in [1.54, 1.807) is 0 Å². The molecule has 0 bridgehead atoms. The highest BCUT2D eigenvalue weighted by atomic mass is 16.5. The zero-order valence-electron chi connectivity index (χ0n) is 9.77. The number of nitrogens with two attached hydrogens (primary N) is 1. The maximum Gasteiger partial charge on any atom is 0.0645 e. The molecule has 0 amide bonds. The predicted molar refractivity (Wildman–Crippen MR) is 56.3 cm³/mol. The third-order valence-electron chi connectivity index (χ3n) is 1.93. The fourth-order valence-electron chi connectivity index (χ4n) is 0.881. The smallest absolute Gasteiger partial charge is 0.0645 e. The van der Waals surface area contributed by atoms with Gasteiger partial charge in [-0.1, -0.05) is 20.8 Å². The number of rotatable bonds is 3. The summed E-state index contributed by atoms with van der Waals surface area (Å²) in [4.78, 5) is 0. The van der Waals surface area contributed by atoms with Crippen LogP contribution in [0.3, 0.4) is 0 Å². The Morgan fingerprint density at radius 1 is 1.15 bits per heavy atom. The predicted octanol–water partition coefficient (Wildman–Crippen LogP) is 1.68. The molecular formula is C10H24N2O. The summed E-state index contributed by atoms with van der Waals surface area (Å²) in [6, 6.07) is 0.187. The van der Waals surface area contributed by atoms with Gasteiger partial charge in [0.15, 0.2) is 0 Å². The molecule has 0 saturated carbocycles. The quantitative estimate of drug-likeness (QED) is 0.523. The van der Waals surface area contributed by atoms with E-state index >= 15 is 0 Å². The monoisotopic (exact) mass is 188 g/mol. The number of nitrogens with one attached hydrogen (secondary N) is 1. The van der Waals surface area contributed by atoms with Crippen LogP contribution in [0.5, 0.6) is 0 Å². The van der Waals surface area contributed by atoms with Gasteiger partial charge in [0.1, 0.15) is 0 Å². The first kappa shape index (κ1) is 12.9. The lowest BCUT2D eigenvalue weighted by molar-refractivity contribution is -0.0292. The standard InChI is InChI=1S/C10H24N2O/c1-9(2,3)8(12-11)7-13-10(4,5)6/h8,12H,7,11H2,1-6H3. The molecule has 1 unspecified atom stereocenters. The Balaban J connectivity index is 4.02. The van der Waals surface area contributed by atoms with Crippen LogP contribution in [0, 0.1) is 5.41 Å². The van der Waals surface area contributed by atoms with E-state index < -0.39 is 0 Å². The molecule has 0 aromatic carbocycles. The van der Waals surface area contributed by atoms with Crippen molar-refractivity contribution in [1.82, 2.24) is 5.43 Å². The number of hydrogen-bond acceptors (Lipinski definition) is 3. The molecule has 0 aliphatic heterocycles. The zero-order chi connectivity index (χ0) is 10.7. The Morgan fingerprint density at radius 3 is 1.85 bits per heavy atom. The maximum atomic E-state index is 5.67. The van der Waals surface area contributed by atoms with Crippen molar-refractivity contribution >= 4 is 0 Å². The molecule has 0 aliphatic rings. The number of hydrazine groups is 1. The fraction of sp³-hybridized carbons (Fsp3) is 1.00. The molecule has 0 fully saturated rings. The van der Waals surface area contributed by atoms with Crippen molar-refractivity contribution < 1.29 is 4.74 Å². The summed E-state index contributed by atoms with van der Waals surface area (Å²) < 4.78 is 5.67. The first-order valence-corrected chi connectivity index (χ1v) is 4.77. The van der Waals surface area contributed by atoms with E-state index in [-0.39, 0.29) is 17.1 Å². The Bertz CT molecular complexity index is 144. The lowest BCUT2D eigenvalue weighted by Gasteiger charge is -2.32. The minimum atomic E-state index is -0.0969. The minimum Gasteiger partial charge on any atom is -0.374 e. The van der Waals surface area contributed by atoms with Crippen LogP contribution < -0.4 is 11.3 Å². The highest BCUT2D eigenvalue weighted by Gasteiger charge is 2.25. The van der Waals surface area contributed by atoms with Crippen LogP contribution >= 0.6 is 0 Å². The van der Waals surface area contributed by atoms with Gasteiger partial charge in [0.05, 0.1) is 12.2 Å². The van der Waals surface area contributed by atoms with Crippen molar-refractivity contribution in [2.75, 3.05) is 6.61 Å². The average Bonchev–Trinajstić information content (AvgIpc) is 1.82. The van der Waals surface area contributed by atoms with Gasteiger partial charge in [-0.2, -0.15) is 0 Å². The molecule has 80 valence electrons. The van der Waals surface area contributed by atoms with Crippen molar-refractivity contribution in [2.45, 2.75) is 53.2 Å². The van der Waals surface area contributed by atoms with Crippen LogP contribution in [0.1, 0.15) is 41.5 Å². The van der Waals surface area contributed by atoms with Gasteiger partial charge in [-0.3, -0.25) is 11.3 Å². The van der Waals surface area contributed by atoms with E-state index in [1.807, 2.05) is 20.8 Å². The second-order valence-corrected chi connectivity index (χ2v) is 5.51. The van der Waals surface area contributed by atoms with Crippen molar-refractivity contribution in [1.29, 1.82) is 0 Å². The molecule has 0 aliphatic carbocycles. The molecule has 3 heteroatoms. The molecule has 0 radical (unpaired) electrons. The first-order chi connectivity index (χ1) is 5.67. The summed E-state index contributed by atoms with van der Waals surface area (Å²) in [5.74, 6) is 5.46. The Labute approximate surface area is 82.0 Å². The van der Waals surface area contributed by atoms with E-state index in [9.17, 15) is 0 Å². The van der Waals surface area contributed by atoms with Crippen molar-refractivity contribution in [3.63, 3.8) is 0 Å². The third kappa shape index (κ3) is 6.02. The second-order valence-electron chi connectivity index (χ2n) is 5.51. The fourth-order valence-corrected chi connectivity index (χ4v) is 0.881. The third-order valence-corrected chi connectivity index (χ3v) is 1.93. The average molecular weight is 188 g/mol. The summed E-state index contributed by atoms with van der Waals surface area (Å²) >= 11 is 0. The molecule has 0 spiro atoms. The normalized spacial score (nSPS) is 15.9. The van der Waals surface area contributed by atoms with Gasteiger partial charge in [0, 0.05) is 6.04 Å². The van der Waals surface area contributed by atoms with Gasteiger partial charge in [-0.25, -0.2) is 0 Å². The lowest BCUT2D eigenvalue weighted by Crippen LogP contribution is -2.48. The number of hydrogen-bond donors (Lipinski definition) is 2. The second kappa shape index (κ2) is 4.40. The van der Waals surface area contributed by atoms with E-state index in [4.69, 9.17) is 10.6 Å². The lowest BCUT2D eigenvalue weighted by atomic mass is 9.87. The molecular weight excluding hydrogens is 164 g/mol. The van der Waals surface area contributed by atoms with Crippen LogP contribution in [0.4, 0.5) is 0 Å². The Kier molecular flexibility index (Phi) is 4.36. The molecule has 0 saturated heterocycles. The molecule has 1 atom stereocenters. The van der Waals surface area contributed by atoms with Crippen LogP contribution in [0.25, 0.3) is 0 Å². The Morgan fingerprint density at radius 2 is 1.62 bits per heavy atom. The molecule has 13 heavy (non-hydrogen) atoms. The first-order valence-electron chi connectivity index (χ1n) is 4.77. The van der Waals surface area contributed by atoms with Gasteiger partial charge in [-0.05, 0) is 26.2 Å². The van der Waals surface area contributed by atoms with Gasteiger partial charge < -0.3 is 4.74 Å². The van der Waals surface area contributed by atoms with Gasteiger partial charge in [-0.15, -0.1) is 0 Å². The minimum absolute atomic E-state index is 0.0969. The van der Waals surface area contributed by atoms with E-state index in [2.05, 4.69) is 26.2 Å². The van der Waals surface area contributed by atoms with Gasteiger partial charge in [0.25, 0.3) is 0 Å². The zero-order valence-corrected chi connectivity index (χ0v) is 9.77. The maximum absolute atomic E-state index is 5.67. The molecule has 0 rings (SSSR count). The molecule has 3 N–H and O–H groups in total. The van der Waals surface area contributed by atoms with Crippen LogP contribution in [0.2, 0.25) is 0 Å². The van der Waals surface area contributed by atoms with E-state index in [0.717, 1.165) is 0 Å². The summed E-state index contributed by atoms with van der Waals surface area (Å²) in [6.07, 6.45) is 0. The van der Waals surface area contributed by atoms with Gasteiger partial charge >= 0.3 is 0 Å². The molecule has 0 aromatic heterocycles. The van der Waals surface area contributed by atoms with Crippen LogP contribution in [0.15, 0.2) is 0 Å². The van der Waals surface area contributed by atoms with E-state index in [0.29, 0.717) is 6.61 Å². The summed E-state index contributed by atoms with van der Waals surface area (Å²) in [5, 5.41) is 0. The highest BCUT2D eigenvalue weighted by Crippen LogP contribution is 2.20. The summed E-state index contributed by atoms with van der Waals surface area (Å²) in [7, 11) is 0. The topological polar surface area (TPSA) is 47.3 Å². The molecule has 3 nitrogen and oxygen atoms in total. The SMILES string of the molecule is CC(C)(C)OCC(NN)C(C)(C)C. The van der Waals surface area contributed by atoms with Crippen molar-refractivity contribution in [3.05, 3.63) is 0 Å². The summed E-state index contributed by atoms with van der Waals surface area (Å²) in [5.41, 5.74) is 2.82. The highest BCUT2D eigenvalue weighted by molar-refractivity contribution is 4.79. The number of ether oxygens (including phenoxy) is 1. The van der Waals surface area contributed by atoms with Crippen LogP contribution in [-0.2, 0) is 4.74 Å². The largest absolute Gasteiger partial charge is 0.374 e. The Hall–Kier alpha value is -0.120. The van der Waals surface area contributed by atoms with Crippen LogP contribution in [-0.4, -0.2) is 18.2 Å². The molecule has 0 aromatic rings. The molecule has 0 heterocycles. The van der Waals surface area contributed by atoms with Gasteiger partial charge in [0.2, 0.25) is 0 Å². The van der Waals surface area contributed by atoms with Crippen molar-refractivity contribution in [3.8, 4) is 0 Å².